The van der Waals surface area contributed by atoms with Gasteiger partial charge in [-0.25, -0.2) is 0 Å². The van der Waals surface area contributed by atoms with Crippen molar-refractivity contribution >= 4 is 23.2 Å². The fourth-order valence-corrected chi connectivity index (χ4v) is 2.02. The number of amides is 2. The normalized spacial score (nSPS) is 14.8. The predicted octanol–water partition coefficient (Wildman–Crippen LogP) is -0.101. The van der Waals surface area contributed by atoms with E-state index in [1.54, 1.807) is 60.9 Å². The number of hydrogen-bond acceptors (Lipinski definition) is 4. The molecule has 0 atom stereocenters. The smallest absolute Gasteiger partial charge is 0.344 e. The molecule has 0 saturated carbocycles. The lowest BCUT2D eigenvalue weighted by atomic mass is 10.3. The molecule has 2 amide bonds. The Labute approximate surface area is 120 Å². The highest BCUT2D eigenvalue weighted by atomic mass is 16.3. The molecule has 0 spiro atoms. The molecule has 0 aliphatic carbocycles. The lowest BCUT2D eigenvalue weighted by molar-refractivity contribution is -0.581. The minimum absolute atomic E-state index is 0.191. The summed E-state index contributed by atoms with van der Waals surface area (Å²) in [5.74, 6) is -2.40. The fraction of sp³-hybridized carbons (Fsp3) is 0. The van der Waals surface area contributed by atoms with E-state index in [4.69, 9.17) is 0 Å². The van der Waals surface area contributed by atoms with Crippen molar-refractivity contribution in [3.8, 4) is 0 Å². The Morgan fingerprint density at radius 3 is 2.19 bits per heavy atom. The average molecular weight is 281 g/mol. The van der Waals surface area contributed by atoms with Crippen molar-refractivity contribution in [2.45, 2.75) is 0 Å². The molecule has 0 saturated heterocycles. The Hall–Kier alpha value is -3.15. The minimum atomic E-state index is -0.893. The molecule has 1 aromatic carbocycles. The van der Waals surface area contributed by atoms with Crippen LogP contribution in [-0.4, -0.2) is 16.8 Å². The number of hydrogen-bond donors (Lipinski definition) is 1. The van der Waals surface area contributed by atoms with Gasteiger partial charge in [0.05, 0.1) is 5.69 Å². The van der Waals surface area contributed by atoms with Crippen molar-refractivity contribution in [2.24, 2.45) is 0 Å². The van der Waals surface area contributed by atoms with E-state index in [1.807, 2.05) is 0 Å². The molecule has 1 aliphatic heterocycles. The Morgan fingerprint density at radius 2 is 1.52 bits per heavy atom. The average Bonchev–Trinajstić information content (AvgIpc) is 2.73. The van der Waals surface area contributed by atoms with Crippen LogP contribution in [0.4, 0.5) is 5.69 Å². The van der Waals surface area contributed by atoms with Gasteiger partial charge >= 0.3 is 5.91 Å². The van der Waals surface area contributed by atoms with Crippen molar-refractivity contribution in [1.29, 1.82) is 0 Å². The largest absolute Gasteiger partial charge is 0.864 e. The van der Waals surface area contributed by atoms with Crippen molar-refractivity contribution in [3.63, 3.8) is 0 Å². The van der Waals surface area contributed by atoms with Crippen molar-refractivity contribution in [1.82, 2.24) is 5.01 Å². The van der Waals surface area contributed by atoms with Crippen molar-refractivity contribution in [2.75, 3.05) is 5.43 Å². The molecule has 0 unspecified atom stereocenters. The molecule has 2 heterocycles. The molecular weight excluding hydrogens is 270 g/mol. The first-order chi connectivity index (χ1) is 10.2. The Kier molecular flexibility index (Phi) is 3.12. The van der Waals surface area contributed by atoms with Crippen LogP contribution in [0.3, 0.4) is 0 Å². The minimum Gasteiger partial charge on any atom is -0.864 e. The van der Waals surface area contributed by atoms with Gasteiger partial charge in [0.25, 0.3) is 11.6 Å². The first-order valence-electron chi connectivity index (χ1n) is 6.27. The first-order valence-corrected chi connectivity index (χ1v) is 6.27. The second-order valence-corrected chi connectivity index (χ2v) is 4.38. The molecule has 0 bridgehead atoms. The van der Waals surface area contributed by atoms with Gasteiger partial charge in [0.2, 0.25) is 0 Å². The van der Waals surface area contributed by atoms with Gasteiger partial charge < -0.3 is 5.11 Å². The molecule has 104 valence electrons. The van der Waals surface area contributed by atoms with Crippen LogP contribution < -0.4 is 15.1 Å². The number of imide groups is 1. The van der Waals surface area contributed by atoms with E-state index in [9.17, 15) is 14.7 Å². The number of aromatic nitrogens is 1. The van der Waals surface area contributed by atoms with Crippen LogP contribution in [0.5, 0.6) is 0 Å². The molecule has 0 radical (unpaired) electrons. The number of carbonyl (C=O) groups is 2. The lowest BCUT2D eigenvalue weighted by Crippen LogP contribution is -2.41. The van der Waals surface area contributed by atoms with Gasteiger partial charge in [0.1, 0.15) is 0 Å². The predicted molar refractivity (Wildman–Crippen MR) is 71.8 cm³/mol. The standard InChI is InChI=1S/C15H11N3O3/c19-13-12(17-9-5-2-6-10-17)14(20)18(15(13)21)16-11-7-3-1-4-8-11/h1-10,16H. The molecule has 0 fully saturated rings. The topological polar surface area (TPSA) is 76.3 Å². The summed E-state index contributed by atoms with van der Waals surface area (Å²) in [5.41, 5.74) is 3.01. The molecule has 1 aromatic heterocycles. The summed E-state index contributed by atoms with van der Waals surface area (Å²) in [6, 6.07) is 13.8. The van der Waals surface area contributed by atoms with Crippen LogP contribution >= 0.6 is 0 Å². The fourth-order valence-electron chi connectivity index (χ4n) is 2.02. The molecule has 6 heteroatoms. The van der Waals surface area contributed by atoms with Gasteiger partial charge in [0.15, 0.2) is 12.4 Å². The van der Waals surface area contributed by atoms with Crippen LogP contribution in [-0.2, 0) is 9.59 Å². The quantitative estimate of drug-likeness (QED) is 0.629. The van der Waals surface area contributed by atoms with Gasteiger partial charge in [-0.2, -0.15) is 9.58 Å². The van der Waals surface area contributed by atoms with Crippen LogP contribution in [0.25, 0.3) is 5.70 Å². The monoisotopic (exact) mass is 281 g/mol. The van der Waals surface area contributed by atoms with E-state index in [2.05, 4.69) is 5.43 Å². The maximum atomic E-state index is 12.3. The number of carbonyl (C=O) groups excluding carboxylic acids is 2. The highest BCUT2D eigenvalue weighted by Gasteiger charge is 2.40. The zero-order valence-corrected chi connectivity index (χ0v) is 10.9. The molecule has 3 rings (SSSR count). The highest BCUT2D eigenvalue weighted by molar-refractivity contribution is 6.29. The number of anilines is 1. The van der Waals surface area contributed by atoms with Crippen LogP contribution in [0.15, 0.2) is 66.7 Å². The number of para-hydroxylation sites is 1. The highest BCUT2D eigenvalue weighted by Crippen LogP contribution is 2.18. The van der Waals surface area contributed by atoms with Crippen LogP contribution in [0.1, 0.15) is 0 Å². The first kappa shape index (κ1) is 12.9. The van der Waals surface area contributed by atoms with E-state index in [0.29, 0.717) is 5.69 Å². The molecule has 1 aliphatic rings. The second kappa shape index (κ2) is 5.09. The summed E-state index contributed by atoms with van der Waals surface area (Å²) in [4.78, 5) is 24.3. The van der Waals surface area contributed by atoms with Gasteiger partial charge in [0, 0.05) is 17.9 Å². The summed E-state index contributed by atoms with van der Waals surface area (Å²) in [6.07, 6.45) is 3.09. The summed E-state index contributed by atoms with van der Waals surface area (Å²) in [6.45, 7) is 0. The maximum absolute atomic E-state index is 12.3. The molecule has 2 aromatic rings. The van der Waals surface area contributed by atoms with E-state index in [1.165, 1.54) is 4.57 Å². The molecule has 21 heavy (non-hydrogen) atoms. The van der Waals surface area contributed by atoms with E-state index >= 15 is 0 Å². The third-order valence-corrected chi connectivity index (χ3v) is 3.01. The van der Waals surface area contributed by atoms with Gasteiger partial charge in [-0.1, -0.05) is 24.3 Å². The number of nitrogens with one attached hydrogen (secondary N) is 1. The molecule has 1 N–H and O–H groups in total. The summed E-state index contributed by atoms with van der Waals surface area (Å²) < 4.78 is 1.34. The summed E-state index contributed by atoms with van der Waals surface area (Å²) in [5, 5.41) is 12.7. The third-order valence-electron chi connectivity index (χ3n) is 3.01. The lowest BCUT2D eigenvalue weighted by Gasteiger charge is -2.16. The Morgan fingerprint density at radius 1 is 0.905 bits per heavy atom. The van der Waals surface area contributed by atoms with Gasteiger partial charge in [-0.3, -0.25) is 15.0 Å². The number of nitrogens with zero attached hydrogens (tertiary/aromatic N) is 2. The Balaban J connectivity index is 1.92. The number of pyridine rings is 1. The summed E-state index contributed by atoms with van der Waals surface area (Å²) >= 11 is 0. The Bertz CT molecular complexity index is 726. The van der Waals surface area contributed by atoms with Crippen LogP contribution in [0, 0.1) is 0 Å². The number of hydrazine groups is 1. The number of rotatable bonds is 3. The summed E-state index contributed by atoms with van der Waals surface area (Å²) in [7, 11) is 0. The van der Waals surface area contributed by atoms with Crippen molar-refractivity contribution in [3.05, 3.63) is 66.7 Å². The van der Waals surface area contributed by atoms with Crippen molar-refractivity contribution < 1.29 is 19.3 Å². The SMILES string of the molecule is O=C1C([O-])=C([n+]2ccccc2)C(=O)N1Nc1ccccc1. The van der Waals surface area contributed by atoms with Gasteiger partial charge in [-0.15, -0.1) is 0 Å². The van der Waals surface area contributed by atoms with E-state index in [-0.39, 0.29) is 5.70 Å². The molecular formula is C15H11N3O3. The van der Waals surface area contributed by atoms with Gasteiger partial charge in [-0.05, 0) is 12.1 Å². The third kappa shape index (κ3) is 2.23. The second-order valence-electron chi connectivity index (χ2n) is 4.38. The van der Waals surface area contributed by atoms with Crippen LogP contribution in [0.2, 0.25) is 0 Å². The maximum Gasteiger partial charge on any atom is 0.344 e. The molecule has 6 nitrogen and oxygen atoms in total. The van der Waals surface area contributed by atoms with E-state index < -0.39 is 17.6 Å². The zero-order valence-electron chi connectivity index (χ0n) is 10.9. The van der Waals surface area contributed by atoms with E-state index in [0.717, 1.165) is 5.01 Å². The zero-order chi connectivity index (χ0) is 14.8. The number of benzene rings is 1.